The summed E-state index contributed by atoms with van der Waals surface area (Å²) in [6, 6.07) is 31.8. The molecule has 5 heteroatoms. The first kappa shape index (κ1) is 26.0. The molecule has 2 aromatic heterocycles. The molecule has 0 unspecified atom stereocenters. The molecule has 0 saturated carbocycles. The monoisotopic (exact) mass is 715 g/mol. The average Bonchev–Trinajstić information content (AvgIpc) is 3.21. The smallest absolute Gasteiger partial charge is 0 e. The van der Waals surface area contributed by atoms with Crippen molar-refractivity contribution >= 4 is 61.3 Å². The molecule has 0 fully saturated rings. The van der Waals surface area contributed by atoms with Crippen LogP contribution in [0, 0.1) is 13.0 Å². The van der Waals surface area contributed by atoms with Gasteiger partial charge in [-0.1, -0.05) is 0 Å². The number of aliphatic hydroxyl groups excluding tert-OH is 1. The Kier molecular flexibility index (Phi) is 7.88. The molecule has 2 heterocycles. The van der Waals surface area contributed by atoms with Gasteiger partial charge >= 0.3 is 169 Å². The third-order valence-corrected chi connectivity index (χ3v) is 8.13. The van der Waals surface area contributed by atoms with Gasteiger partial charge in [0.15, 0.2) is 5.78 Å². The van der Waals surface area contributed by atoms with Gasteiger partial charge in [0.05, 0.1) is 5.76 Å². The molecule has 0 aliphatic rings. The van der Waals surface area contributed by atoms with E-state index in [1.807, 2.05) is 6.07 Å². The summed E-state index contributed by atoms with van der Waals surface area (Å²) >= 11 is 0.284. The molecule has 0 saturated heterocycles. The summed E-state index contributed by atoms with van der Waals surface area (Å²) in [5.74, 6) is -0.0625. The zero-order chi connectivity index (χ0) is 24.5. The molecule has 6 aromatic rings. The average molecular weight is 714 g/mol. The number of carbonyl (C=O) groups excluding carboxylic acids is 1. The molecule has 0 spiro atoms. The number of benzene rings is 4. The Morgan fingerprint density at radius 3 is 2.36 bits per heavy atom. The Morgan fingerprint density at radius 2 is 1.64 bits per heavy atom. The Balaban J connectivity index is 0.000000338. The van der Waals surface area contributed by atoms with Gasteiger partial charge in [0.25, 0.3) is 0 Å². The maximum atomic E-state index is 10.0. The van der Waals surface area contributed by atoms with E-state index in [0.29, 0.717) is 0 Å². The predicted molar refractivity (Wildman–Crippen MR) is 147 cm³/mol. The second-order valence-corrected chi connectivity index (χ2v) is 10.8. The molecule has 36 heavy (non-hydrogen) atoms. The molecular formula is C31H24IrNO2Se-. The van der Waals surface area contributed by atoms with E-state index in [-0.39, 0.29) is 46.2 Å². The van der Waals surface area contributed by atoms with Crippen LogP contribution < -0.4 is 0 Å². The number of hydrogen-bond acceptors (Lipinski definition) is 3. The van der Waals surface area contributed by atoms with Crippen LogP contribution in [0.1, 0.15) is 19.4 Å². The van der Waals surface area contributed by atoms with Crippen LogP contribution in [0.15, 0.2) is 90.7 Å². The largest absolute Gasteiger partial charge is 0 e. The Labute approximate surface area is 229 Å². The van der Waals surface area contributed by atoms with Crippen molar-refractivity contribution < 1.29 is 30.0 Å². The van der Waals surface area contributed by atoms with Crippen molar-refractivity contribution in [2.45, 2.75) is 20.8 Å². The van der Waals surface area contributed by atoms with Crippen LogP contribution in [0.3, 0.4) is 0 Å². The first-order valence-corrected chi connectivity index (χ1v) is 13.1. The molecule has 0 bridgehead atoms. The van der Waals surface area contributed by atoms with Gasteiger partial charge in [-0.15, -0.1) is 0 Å². The maximum absolute atomic E-state index is 10.0. The van der Waals surface area contributed by atoms with Crippen molar-refractivity contribution in [1.29, 1.82) is 0 Å². The molecule has 181 valence electrons. The van der Waals surface area contributed by atoms with Crippen LogP contribution in [-0.2, 0) is 24.9 Å². The number of para-hydroxylation sites is 1. The molecule has 0 aliphatic carbocycles. The van der Waals surface area contributed by atoms with Gasteiger partial charge in [0.1, 0.15) is 0 Å². The van der Waals surface area contributed by atoms with E-state index in [9.17, 15) is 4.79 Å². The van der Waals surface area contributed by atoms with Gasteiger partial charge < -0.3 is 5.11 Å². The second kappa shape index (κ2) is 10.9. The number of aromatic nitrogens is 1. The predicted octanol–water partition coefficient (Wildman–Crippen LogP) is 7.56. The van der Waals surface area contributed by atoms with E-state index in [4.69, 9.17) is 10.1 Å². The van der Waals surface area contributed by atoms with Gasteiger partial charge in [-0.25, -0.2) is 0 Å². The number of aliphatic hydroxyl groups is 1. The summed E-state index contributed by atoms with van der Waals surface area (Å²) in [6.45, 7) is 5.07. The van der Waals surface area contributed by atoms with Crippen molar-refractivity contribution in [1.82, 2.24) is 4.98 Å². The second-order valence-electron chi connectivity index (χ2n) is 8.61. The standard InChI is InChI=1S/C26H16NSe.C5H8O2.Ir/c1-16-14-25-26(20-8-4-3-7-19(16)20)21-12-10-18(15-24(21)28-25)23-13-11-17-6-2-5-9-22(17)27-23;1-4(6)3-5(2)7;/h2-14H,1H3;3,6H,1-2H3;/q-1;;/b;4-3-;. The molecule has 6 rings (SSSR count). The van der Waals surface area contributed by atoms with Gasteiger partial charge in [-0.05, 0) is 13.8 Å². The van der Waals surface area contributed by atoms with Crippen LogP contribution in [0.5, 0.6) is 0 Å². The van der Waals surface area contributed by atoms with E-state index >= 15 is 0 Å². The fraction of sp³-hybridized carbons (Fsp3) is 0.0968. The third kappa shape index (κ3) is 5.21. The number of rotatable bonds is 2. The van der Waals surface area contributed by atoms with E-state index in [1.54, 1.807) is 0 Å². The molecule has 1 radical (unpaired) electrons. The van der Waals surface area contributed by atoms with E-state index in [0.717, 1.165) is 16.8 Å². The van der Waals surface area contributed by atoms with Crippen LogP contribution in [0.2, 0.25) is 0 Å². The number of fused-ring (bicyclic) bond motifs is 6. The third-order valence-electron chi connectivity index (χ3n) is 5.89. The number of pyridine rings is 1. The van der Waals surface area contributed by atoms with Crippen molar-refractivity contribution in [3.05, 3.63) is 102 Å². The number of nitrogens with zero attached hydrogens (tertiary/aromatic N) is 1. The van der Waals surface area contributed by atoms with Crippen molar-refractivity contribution in [2.75, 3.05) is 0 Å². The summed E-state index contributed by atoms with van der Waals surface area (Å²) in [6.07, 6.45) is 1.17. The first-order valence-electron chi connectivity index (χ1n) is 11.4. The van der Waals surface area contributed by atoms with E-state index < -0.39 is 0 Å². The summed E-state index contributed by atoms with van der Waals surface area (Å²) in [5, 5.41) is 15.0. The van der Waals surface area contributed by atoms with E-state index in [1.165, 1.54) is 60.9 Å². The molecular weight excluding hydrogens is 690 g/mol. The SMILES string of the molecule is CC(=O)/C=C(/C)O.Cc1cc2[se]c3[c-]c(-c4ccc5ccccc5n4)ccc3c2c2ccccc12.[Ir]. The number of allylic oxidation sites excluding steroid dienone is 2. The summed E-state index contributed by atoms with van der Waals surface area (Å²) in [5.41, 5.74) is 4.47. The van der Waals surface area contributed by atoms with Crippen molar-refractivity contribution in [3.63, 3.8) is 0 Å². The summed E-state index contributed by atoms with van der Waals surface area (Å²) < 4.78 is 2.81. The zero-order valence-electron chi connectivity index (χ0n) is 20.1. The molecule has 0 amide bonds. The van der Waals surface area contributed by atoms with Gasteiger partial charge in [0.2, 0.25) is 0 Å². The quantitative estimate of drug-likeness (QED) is 0.0873. The van der Waals surface area contributed by atoms with E-state index in [2.05, 4.69) is 85.8 Å². The first-order chi connectivity index (χ1) is 16.9. The zero-order valence-corrected chi connectivity index (χ0v) is 24.2. The number of carbonyl (C=O) groups is 1. The topological polar surface area (TPSA) is 50.2 Å². The van der Waals surface area contributed by atoms with Crippen molar-refractivity contribution in [2.24, 2.45) is 0 Å². The maximum Gasteiger partial charge on any atom is 0 e. The minimum Gasteiger partial charge on any atom is 0 e. The van der Waals surface area contributed by atoms with Gasteiger partial charge in [0, 0.05) is 26.2 Å². The Bertz CT molecular complexity index is 1760. The Hall–Kier alpha value is -3.07. The normalized spacial score (nSPS) is 11.4. The molecule has 0 aliphatic heterocycles. The number of aryl methyl sites for hydroxylation is 1. The minimum absolute atomic E-state index is 0. The molecule has 1 N–H and O–H groups in total. The van der Waals surface area contributed by atoms with Crippen molar-refractivity contribution in [3.8, 4) is 11.3 Å². The minimum atomic E-state index is -0.125. The fourth-order valence-electron chi connectivity index (χ4n) is 4.40. The van der Waals surface area contributed by atoms with Crippen LogP contribution in [0.4, 0.5) is 0 Å². The van der Waals surface area contributed by atoms with Gasteiger partial charge in [-0.3, -0.25) is 4.79 Å². The summed E-state index contributed by atoms with van der Waals surface area (Å²) in [7, 11) is 0. The number of ketones is 1. The molecule has 0 atom stereocenters. The Morgan fingerprint density at radius 1 is 0.917 bits per heavy atom. The summed E-state index contributed by atoms with van der Waals surface area (Å²) in [4.78, 5) is 14.9. The molecule has 4 aromatic carbocycles. The van der Waals surface area contributed by atoms with Gasteiger partial charge in [-0.2, -0.15) is 0 Å². The van der Waals surface area contributed by atoms with Crippen LogP contribution in [-0.4, -0.2) is 30.4 Å². The number of hydrogen-bond donors (Lipinski definition) is 1. The fourth-order valence-corrected chi connectivity index (χ4v) is 6.96. The van der Waals surface area contributed by atoms with Crippen LogP contribution >= 0.6 is 0 Å². The van der Waals surface area contributed by atoms with Crippen LogP contribution in [0.25, 0.3) is 52.2 Å². The molecule has 3 nitrogen and oxygen atoms in total.